The van der Waals surface area contributed by atoms with E-state index in [9.17, 15) is 22.4 Å². The van der Waals surface area contributed by atoms with Crippen LogP contribution in [0.3, 0.4) is 0 Å². The Kier molecular flexibility index (Phi) is 6.12. The molecule has 2 heterocycles. The molecule has 1 N–H and O–H groups in total. The summed E-state index contributed by atoms with van der Waals surface area (Å²) in [5, 5.41) is 3.04. The van der Waals surface area contributed by atoms with E-state index in [0.29, 0.717) is 11.5 Å². The summed E-state index contributed by atoms with van der Waals surface area (Å²) in [4.78, 5) is 21.3. The van der Waals surface area contributed by atoms with Gasteiger partial charge in [0.15, 0.2) is 5.83 Å². The number of rotatable bonds is 6. The number of nitrogens with zero attached hydrogens (tertiary/aromatic N) is 3. The van der Waals surface area contributed by atoms with Crippen molar-refractivity contribution in [2.24, 2.45) is 0 Å². The van der Waals surface area contributed by atoms with Gasteiger partial charge < -0.3 is 15.0 Å². The maximum atomic E-state index is 13.2. The summed E-state index contributed by atoms with van der Waals surface area (Å²) >= 11 is 0. The molecule has 0 aliphatic carbocycles. The highest BCUT2D eigenvalue weighted by atomic mass is 19.4. The molecule has 2 unspecified atom stereocenters. The van der Waals surface area contributed by atoms with E-state index in [1.54, 1.807) is 6.07 Å². The quantitative estimate of drug-likeness (QED) is 0.585. The topological polar surface area (TPSA) is 67.4 Å². The summed E-state index contributed by atoms with van der Waals surface area (Å²) in [6.45, 7) is 3.27. The zero-order valence-electron chi connectivity index (χ0n) is 15.2. The van der Waals surface area contributed by atoms with Crippen molar-refractivity contribution in [3.63, 3.8) is 0 Å². The van der Waals surface area contributed by atoms with Gasteiger partial charge in [0.1, 0.15) is 0 Å². The van der Waals surface area contributed by atoms with Crippen LogP contribution in [-0.4, -0.2) is 46.0 Å². The fraction of sp³-hybridized carbons (Fsp3) is 0.316. The smallest absolute Gasteiger partial charge is 0.369 e. The second-order valence-electron chi connectivity index (χ2n) is 6.48. The standard InChI is InChI=1S/C19H18F4N4O2/c1-12(20)17(28)27-9-15(26-18-24-7-2-8-25-18)16(10-27)29-11-13-3-5-14(6-4-13)19(21,22)23/h2-8,15-16H,1,9-11H2,(H,24,25,26). The van der Waals surface area contributed by atoms with Gasteiger partial charge in [-0.1, -0.05) is 18.7 Å². The highest BCUT2D eigenvalue weighted by Gasteiger charge is 2.37. The van der Waals surface area contributed by atoms with E-state index in [0.717, 1.165) is 12.1 Å². The average molecular weight is 410 g/mol. The predicted molar refractivity (Wildman–Crippen MR) is 96.3 cm³/mol. The Balaban J connectivity index is 1.68. The van der Waals surface area contributed by atoms with E-state index in [-0.39, 0.29) is 19.7 Å². The SMILES string of the molecule is C=C(F)C(=O)N1CC(Nc2ncccn2)C(OCc2ccc(C(F)(F)F)cc2)C1. The van der Waals surface area contributed by atoms with Crippen molar-refractivity contribution in [1.82, 2.24) is 14.9 Å². The van der Waals surface area contributed by atoms with E-state index in [2.05, 4.69) is 21.9 Å². The average Bonchev–Trinajstić information content (AvgIpc) is 3.08. The fourth-order valence-corrected chi connectivity index (χ4v) is 2.95. The van der Waals surface area contributed by atoms with Gasteiger partial charge >= 0.3 is 6.18 Å². The lowest BCUT2D eigenvalue weighted by molar-refractivity contribution is -0.137. The molecular formula is C19H18F4N4O2. The minimum atomic E-state index is -4.41. The summed E-state index contributed by atoms with van der Waals surface area (Å²) in [6, 6.07) is 5.81. The van der Waals surface area contributed by atoms with Crippen molar-refractivity contribution >= 4 is 11.9 Å². The van der Waals surface area contributed by atoms with Crippen molar-refractivity contribution in [2.45, 2.75) is 24.9 Å². The van der Waals surface area contributed by atoms with Gasteiger partial charge in [0, 0.05) is 25.5 Å². The highest BCUT2D eigenvalue weighted by Crippen LogP contribution is 2.29. The van der Waals surface area contributed by atoms with Gasteiger partial charge in [0.25, 0.3) is 5.91 Å². The maximum Gasteiger partial charge on any atom is 0.416 e. The molecule has 0 saturated carbocycles. The molecule has 1 aliphatic rings. The van der Waals surface area contributed by atoms with Crippen LogP contribution in [0.1, 0.15) is 11.1 Å². The van der Waals surface area contributed by atoms with E-state index in [1.807, 2.05) is 0 Å². The van der Waals surface area contributed by atoms with Crippen molar-refractivity contribution in [3.8, 4) is 0 Å². The summed E-state index contributed by atoms with van der Waals surface area (Å²) in [6.07, 6.45) is -1.89. The Morgan fingerprint density at radius 1 is 1.21 bits per heavy atom. The Morgan fingerprint density at radius 2 is 1.86 bits per heavy atom. The largest absolute Gasteiger partial charge is 0.416 e. The molecule has 2 atom stereocenters. The minimum absolute atomic E-state index is 0.0230. The molecule has 10 heteroatoms. The Labute approximate surface area is 164 Å². The van der Waals surface area contributed by atoms with Crippen molar-refractivity contribution in [3.05, 3.63) is 66.3 Å². The first-order valence-corrected chi connectivity index (χ1v) is 8.69. The fourth-order valence-electron chi connectivity index (χ4n) is 2.95. The Morgan fingerprint density at radius 3 is 2.45 bits per heavy atom. The number of nitrogens with one attached hydrogen (secondary N) is 1. The number of likely N-dealkylation sites (tertiary alicyclic amines) is 1. The number of halogens is 4. The van der Waals surface area contributed by atoms with Crippen LogP contribution in [0, 0.1) is 0 Å². The molecule has 154 valence electrons. The summed E-state index contributed by atoms with van der Waals surface area (Å²) in [7, 11) is 0. The van der Waals surface area contributed by atoms with Gasteiger partial charge in [-0.05, 0) is 23.8 Å². The number of carbonyl (C=O) groups is 1. The van der Waals surface area contributed by atoms with Gasteiger partial charge in [-0.25, -0.2) is 14.4 Å². The van der Waals surface area contributed by atoms with Crippen molar-refractivity contribution in [2.75, 3.05) is 18.4 Å². The molecular weight excluding hydrogens is 392 g/mol. The molecule has 1 fully saturated rings. The number of hydrogen-bond donors (Lipinski definition) is 1. The van der Waals surface area contributed by atoms with Gasteiger partial charge in [-0.2, -0.15) is 13.2 Å². The number of ether oxygens (including phenoxy) is 1. The highest BCUT2D eigenvalue weighted by molar-refractivity contribution is 5.90. The molecule has 29 heavy (non-hydrogen) atoms. The summed E-state index contributed by atoms with van der Waals surface area (Å²) in [5.74, 6) is -1.61. The van der Waals surface area contributed by atoms with Crippen molar-refractivity contribution in [1.29, 1.82) is 0 Å². The van der Waals surface area contributed by atoms with Crippen LogP contribution in [0.4, 0.5) is 23.5 Å². The molecule has 1 amide bonds. The van der Waals surface area contributed by atoms with Crippen LogP contribution < -0.4 is 5.32 Å². The Hall–Kier alpha value is -3.01. The zero-order valence-corrected chi connectivity index (χ0v) is 15.2. The first kappa shape index (κ1) is 20.7. The lowest BCUT2D eigenvalue weighted by Gasteiger charge is -2.20. The van der Waals surface area contributed by atoms with E-state index >= 15 is 0 Å². The zero-order chi connectivity index (χ0) is 21.0. The molecule has 1 aliphatic heterocycles. The van der Waals surface area contributed by atoms with Crippen LogP contribution in [0.15, 0.2) is 55.1 Å². The molecule has 0 radical (unpaired) electrons. The molecule has 0 bridgehead atoms. The van der Waals surface area contributed by atoms with Gasteiger partial charge in [0.05, 0.1) is 24.3 Å². The van der Waals surface area contributed by atoms with Gasteiger partial charge in [-0.15, -0.1) is 0 Å². The number of hydrogen-bond acceptors (Lipinski definition) is 5. The molecule has 1 aromatic heterocycles. The molecule has 1 saturated heterocycles. The van der Waals surface area contributed by atoms with Crippen LogP contribution in [0.25, 0.3) is 0 Å². The number of anilines is 1. The number of benzene rings is 1. The first-order chi connectivity index (χ1) is 13.7. The number of alkyl halides is 3. The third-order valence-electron chi connectivity index (χ3n) is 4.41. The number of aromatic nitrogens is 2. The van der Waals surface area contributed by atoms with Crippen LogP contribution in [0.2, 0.25) is 0 Å². The molecule has 3 rings (SSSR count). The molecule has 6 nitrogen and oxygen atoms in total. The van der Waals surface area contributed by atoms with Gasteiger partial charge in [0.2, 0.25) is 5.95 Å². The second-order valence-corrected chi connectivity index (χ2v) is 6.48. The molecule has 1 aromatic carbocycles. The van der Waals surface area contributed by atoms with Gasteiger partial charge in [-0.3, -0.25) is 4.79 Å². The van der Waals surface area contributed by atoms with Crippen molar-refractivity contribution < 1.29 is 27.1 Å². The normalized spacial score (nSPS) is 19.2. The maximum absolute atomic E-state index is 13.2. The third-order valence-corrected chi connectivity index (χ3v) is 4.41. The van der Waals surface area contributed by atoms with E-state index in [4.69, 9.17) is 4.74 Å². The Bertz CT molecular complexity index is 859. The number of amides is 1. The lowest BCUT2D eigenvalue weighted by atomic mass is 10.1. The lowest BCUT2D eigenvalue weighted by Crippen LogP contribution is -2.35. The molecule has 0 spiro atoms. The van der Waals surface area contributed by atoms with E-state index < -0.39 is 35.6 Å². The summed E-state index contributed by atoms with van der Waals surface area (Å²) in [5.41, 5.74) is -0.214. The van der Waals surface area contributed by atoms with Crippen LogP contribution >= 0.6 is 0 Å². The van der Waals surface area contributed by atoms with Crippen LogP contribution in [-0.2, 0) is 22.3 Å². The third kappa shape index (κ3) is 5.29. The number of carbonyl (C=O) groups excluding carboxylic acids is 1. The van der Waals surface area contributed by atoms with Crippen LogP contribution in [0.5, 0.6) is 0 Å². The molecule has 2 aromatic rings. The predicted octanol–water partition coefficient (Wildman–Crippen LogP) is 3.19. The first-order valence-electron chi connectivity index (χ1n) is 8.69. The minimum Gasteiger partial charge on any atom is -0.369 e. The monoisotopic (exact) mass is 410 g/mol. The second kappa shape index (κ2) is 8.56. The summed E-state index contributed by atoms with van der Waals surface area (Å²) < 4.78 is 57.1. The van der Waals surface area contributed by atoms with E-state index in [1.165, 1.54) is 29.4 Å².